The van der Waals surface area contributed by atoms with E-state index in [1.165, 1.54) is 4.90 Å². The number of likely N-dealkylation sites (tertiary alicyclic amines) is 1. The number of amides is 4. The van der Waals surface area contributed by atoms with Crippen molar-refractivity contribution in [2.75, 3.05) is 13.1 Å². The molecule has 0 bridgehead atoms. The van der Waals surface area contributed by atoms with Crippen molar-refractivity contribution in [3.05, 3.63) is 48.6 Å². The fourth-order valence-corrected chi connectivity index (χ4v) is 6.63. The van der Waals surface area contributed by atoms with E-state index in [0.29, 0.717) is 19.4 Å². The Morgan fingerprint density at radius 2 is 1.62 bits per heavy atom. The molecule has 10 nitrogen and oxygen atoms in total. The highest BCUT2D eigenvalue weighted by Crippen LogP contribution is 2.65. The Bertz CT molecular complexity index is 1340. The van der Waals surface area contributed by atoms with Crippen LogP contribution in [0.1, 0.15) is 94.1 Å². The molecule has 1 unspecified atom stereocenters. The van der Waals surface area contributed by atoms with Gasteiger partial charge in [-0.05, 0) is 73.7 Å². The average molecular weight is 653 g/mol. The molecule has 1 aromatic carbocycles. The van der Waals surface area contributed by atoms with E-state index in [2.05, 4.69) is 50.2 Å². The van der Waals surface area contributed by atoms with Crippen LogP contribution in [0.15, 0.2) is 43.0 Å². The number of ketones is 1. The molecule has 260 valence electrons. The number of benzene rings is 1. The van der Waals surface area contributed by atoms with Crippen molar-refractivity contribution in [1.82, 2.24) is 20.9 Å². The second-order valence-corrected chi connectivity index (χ2v) is 16.4. The van der Waals surface area contributed by atoms with Crippen molar-refractivity contribution in [1.29, 1.82) is 0 Å². The number of nitrogens with zero attached hydrogens (tertiary/aromatic N) is 1. The largest absolute Gasteiger partial charge is 0.444 e. The SMILES string of the molecule is C=CCCC(NC(=O)[C@@H]1[C@@H]2[C@H](CN1C(=O)[C@@H](NC(=O)OC(C)(C)C)C(C)(C)C)C2(C)C)C(=O)C(=O)NCCC(C)(C)c1ccccc1. The molecule has 47 heavy (non-hydrogen) atoms. The Labute approximate surface area is 280 Å². The molecule has 0 aromatic heterocycles. The summed E-state index contributed by atoms with van der Waals surface area (Å²) in [5.41, 5.74) is -0.716. The third-order valence-corrected chi connectivity index (χ3v) is 9.64. The van der Waals surface area contributed by atoms with Crippen LogP contribution in [0, 0.1) is 22.7 Å². The summed E-state index contributed by atoms with van der Waals surface area (Å²) in [6.45, 7) is 23.4. The molecule has 3 rings (SSSR count). The van der Waals surface area contributed by atoms with Crippen molar-refractivity contribution in [3.8, 4) is 0 Å². The van der Waals surface area contributed by atoms with Crippen molar-refractivity contribution in [2.24, 2.45) is 22.7 Å². The van der Waals surface area contributed by atoms with Gasteiger partial charge < -0.3 is 25.6 Å². The number of piperidine rings is 1. The summed E-state index contributed by atoms with van der Waals surface area (Å²) < 4.78 is 5.44. The van der Waals surface area contributed by atoms with Crippen LogP contribution >= 0.6 is 0 Å². The number of ether oxygens (including phenoxy) is 1. The fraction of sp³-hybridized carbons (Fsp3) is 0.649. The van der Waals surface area contributed by atoms with E-state index < -0.39 is 52.8 Å². The van der Waals surface area contributed by atoms with Crippen LogP contribution in [0.2, 0.25) is 0 Å². The summed E-state index contributed by atoms with van der Waals surface area (Å²) in [6, 6.07) is 7.06. The molecule has 1 saturated heterocycles. The molecule has 0 radical (unpaired) electrons. The second-order valence-electron chi connectivity index (χ2n) is 16.4. The van der Waals surface area contributed by atoms with Gasteiger partial charge >= 0.3 is 6.09 Å². The molecule has 0 spiro atoms. The van der Waals surface area contributed by atoms with Gasteiger partial charge in [0.25, 0.3) is 5.91 Å². The smallest absolute Gasteiger partial charge is 0.408 e. The summed E-state index contributed by atoms with van der Waals surface area (Å²) in [4.78, 5) is 68.9. The highest BCUT2D eigenvalue weighted by molar-refractivity contribution is 6.38. The predicted molar refractivity (Wildman–Crippen MR) is 182 cm³/mol. The standard InChI is InChI=1S/C37H56N4O6/c1-12-13-19-25(28(42)31(44)38-21-20-36(8,9)23-17-15-14-16-18-23)39-30(43)27-26-24(37(26,10)11)22-41(27)32(45)29(34(2,3)4)40-33(46)47-35(5,6)7/h12,14-18,24-27,29H,1,13,19-22H2,2-11H3,(H,38,44)(H,39,43)(H,40,46)/t24-,25?,26-,27-,29+/m0/s1. The highest BCUT2D eigenvalue weighted by Gasteiger charge is 2.70. The number of allylic oxidation sites excluding steroid dienone is 1. The van der Waals surface area contributed by atoms with Gasteiger partial charge in [-0.3, -0.25) is 19.2 Å². The zero-order valence-electron chi connectivity index (χ0n) is 30.0. The van der Waals surface area contributed by atoms with Crippen LogP contribution in [0.3, 0.4) is 0 Å². The first-order chi connectivity index (χ1) is 21.6. The number of alkyl carbamates (subject to hydrolysis) is 1. The Balaban J connectivity index is 1.76. The fourth-order valence-electron chi connectivity index (χ4n) is 6.63. The van der Waals surface area contributed by atoms with E-state index >= 15 is 0 Å². The third kappa shape index (κ3) is 9.23. The molecular weight excluding hydrogens is 596 g/mol. The minimum atomic E-state index is -1.08. The lowest BCUT2D eigenvalue weighted by molar-refractivity contribution is -0.145. The van der Waals surface area contributed by atoms with Crippen LogP contribution < -0.4 is 16.0 Å². The van der Waals surface area contributed by atoms with Gasteiger partial charge in [0.2, 0.25) is 17.6 Å². The molecule has 10 heteroatoms. The quantitative estimate of drug-likeness (QED) is 0.205. The van der Waals surface area contributed by atoms with Gasteiger partial charge in [0.05, 0.1) is 6.04 Å². The monoisotopic (exact) mass is 652 g/mol. The summed E-state index contributed by atoms with van der Waals surface area (Å²) in [6.07, 6.45) is 2.13. The zero-order chi connectivity index (χ0) is 35.5. The van der Waals surface area contributed by atoms with Gasteiger partial charge in [-0.15, -0.1) is 6.58 Å². The first-order valence-corrected chi connectivity index (χ1v) is 16.7. The Hall–Kier alpha value is -3.69. The number of Topliss-reactive ketones (excluding diaryl/α,β-unsaturated/α-hetero) is 1. The molecule has 1 saturated carbocycles. The van der Waals surface area contributed by atoms with Crippen molar-refractivity contribution >= 4 is 29.6 Å². The Kier molecular flexibility index (Phi) is 11.4. The van der Waals surface area contributed by atoms with Crippen LogP contribution in [0.4, 0.5) is 4.79 Å². The zero-order valence-corrected chi connectivity index (χ0v) is 30.0. The average Bonchev–Trinajstić information content (AvgIpc) is 3.27. The lowest BCUT2D eigenvalue weighted by Gasteiger charge is -2.38. The minimum absolute atomic E-state index is 0.0861. The van der Waals surface area contributed by atoms with E-state index in [0.717, 1.165) is 5.56 Å². The van der Waals surface area contributed by atoms with Crippen molar-refractivity contribution < 1.29 is 28.7 Å². The number of carbonyl (C=O) groups is 5. The van der Waals surface area contributed by atoms with Crippen LogP contribution in [-0.2, 0) is 29.3 Å². The minimum Gasteiger partial charge on any atom is -0.444 e. The van der Waals surface area contributed by atoms with Gasteiger partial charge in [-0.25, -0.2) is 4.79 Å². The third-order valence-electron chi connectivity index (χ3n) is 9.64. The molecular formula is C37H56N4O6. The van der Waals surface area contributed by atoms with Gasteiger partial charge in [-0.1, -0.05) is 84.9 Å². The summed E-state index contributed by atoms with van der Waals surface area (Å²) in [5, 5.41) is 8.32. The number of carbonyl (C=O) groups excluding carboxylic acids is 5. The summed E-state index contributed by atoms with van der Waals surface area (Å²) in [5.74, 6) is -2.41. The number of hydrogen-bond acceptors (Lipinski definition) is 6. The van der Waals surface area contributed by atoms with Gasteiger partial charge in [0, 0.05) is 13.1 Å². The summed E-state index contributed by atoms with van der Waals surface area (Å²) >= 11 is 0. The maximum atomic E-state index is 14.1. The Morgan fingerprint density at radius 3 is 2.17 bits per heavy atom. The van der Waals surface area contributed by atoms with Crippen LogP contribution in [0.5, 0.6) is 0 Å². The lowest BCUT2D eigenvalue weighted by atomic mass is 9.81. The van der Waals surface area contributed by atoms with Crippen LogP contribution in [0.25, 0.3) is 0 Å². The molecule has 1 aliphatic carbocycles. The number of nitrogens with one attached hydrogen (secondary N) is 3. The van der Waals surface area contributed by atoms with E-state index in [9.17, 15) is 24.0 Å². The first kappa shape index (κ1) is 37.8. The lowest BCUT2D eigenvalue weighted by Crippen LogP contribution is -2.60. The molecule has 2 fully saturated rings. The van der Waals surface area contributed by atoms with Gasteiger partial charge in [-0.2, -0.15) is 0 Å². The van der Waals surface area contributed by atoms with Gasteiger partial charge in [0.1, 0.15) is 17.7 Å². The predicted octanol–water partition coefficient (Wildman–Crippen LogP) is 4.91. The molecule has 1 aliphatic heterocycles. The highest BCUT2D eigenvalue weighted by atomic mass is 16.6. The molecule has 3 N–H and O–H groups in total. The second kappa shape index (κ2) is 14.2. The van der Waals surface area contributed by atoms with E-state index in [4.69, 9.17) is 4.74 Å². The molecule has 4 amide bonds. The maximum absolute atomic E-state index is 14.1. The van der Waals surface area contributed by atoms with E-state index in [-0.39, 0.29) is 41.5 Å². The number of hydrogen-bond donors (Lipinski definition) is 3. The van der Waals surface area contributed by atoms with Crippen LogP contribution in [-0.4, -0.2) is 71.3 Å². The number of fused-ring (bicyclic) bond motifs is 1. The van der Waals surface area contributed by atoms with Crippen molar-refractivity contribution in [2.45, 2.75) is 118 Å². The molecule has 1 aromatic rings. The molecule has 1 heterocycles. The van der Waals surface area contributed by atoms with E-state index in [1.807, 2.05) is 51.1 Å². The van der Waals surface area contributed by atoms with Gasteiger partial charge in [0.15, 0.2) is 0 Å². The topological polar surface area (TPSA) is 134 Å². The normalized spacial score (nSPS) is 21.5. The maximum Gasteiger partial charge on any atom is 0.408 e. The first-order valence-electron chi connectivity index (χ1n) is 16.7. The number of rotatable bonds is 13. The Morgan fingerprint density at radius 1 is 1.00 bits per heavy atom. The molecule has 2 aliphatic rings. The molecule has 5 atom stereocenters. The van der Waals surface area contributed by atoms with E-state index in [1.54, 1.807) is 26.8 Å². The van der Waals surface area contributed by atoms with Crippen molar-refractivity contribution in [3.63, 3.8) is 0 Å². The summed E-state index contributed by atoms with van der Waals surface area (Å²) in [7, 11) is 0.